The number of methoxy groups -OCH3 is 1. The fourth-order valence-corrected chi connectivity index (χ4v) is 1.99. The van der Waals surface area contributed by atoms with Crippen molar-refractivity contribution in [2.45, 2.75) is 20.3 Å². The van der Waals surface area contributed by atoms with Crippen LogP contribution in [0.15, 0.2) is 16.8 Å². The van der Waals surface area contributed by atoms with Crippen LogP contribution in [0.4, 0.5) is 0 Å². The lowest BCUT2D eigenvalue weighted by Gasteiger charge is -2.20. The number of ether oxygens (including phenoxy) is 1. The first-order valence-electron chi connectivity index (χ1n) is 6.65. The highest BCUT2D eigenvalue weighted by Crippen LogP contribution is 2.17. The van der Waals surface area contributed by atoms with Crippen molar-refractivity contribution in [1.82, 2.24) is 15.0 Å². The molecule has 2 aromatic rings. The van der Waals surface area contributed by atoms with Gasteiger partial charge >= 0.3 is 5.97 Å². The second-order valence-electron chi connectivity index (χ2n) is 4.65. The number of hydrogen-bond donors (Lipinski definition) is 0. The van der Waals surface area contributed by atoms with E-state index in [0.717, 1.165) is 6.42 Å². The van der Waals surface area contributed by atoms with E-state index in [-0.39, 0.29) is 12.5 Å². The number of aryl methyl sites for hydroxylation is 1. The zero-order valence-corrected chi connectivity index (χ0v) is 12.3. The molecule has 0 bridgehead atoms. The van der Waals surface area contributed by atoms with Crippen LogP contribution in [0, 0.1) is 6.92 Å². The molecule has 0 spiro atoms. The van der Waals surface area contributed by atoms with E-state index in [1.165, 1.54) is 18.2 Å². The van der Waals surface area contributed by atoms with Crippen molar-refractivity contribution in [2.75, 3.05) is 20.2 Å². The number of fused-ring (bicyclic) bond motifs is 1. The number of esters is 1. The molecule has 0 fully saturated rings. The lowest BCUT2D eigenvalue weighted by molar-refractivity contribution is -0.141. The Morgan fingerprint density at radius 1 is 1.43 bits per heavy atom. The van der Waals surface area contributed by atoms with Crippen LogP contribution in [0.5, 0.6) is 0 Å². The molecule has 0 atom stereocenters. The molecule has 2 aromatic heterocycles. The predicted octanol–water partition coefficient (Wildman–Crippen LogP) is 1.56. The van der Waals surface area contributed by atoms with Crippen LogP contribution in [-0.2, 0) is 9.53 Å². The van der Waals surface area contributed by atoms with Crippen molar-refractivity contribution >= 4 is 23.0 Å². The SMILES string of the molecule is CCCN(CC(=O)OC)C(=O)c1cnc2onc(C)c2c1. The van der Waals surface area contributed by atoms with Crippen molar-refractivity contribution in [1.29, 1.82) is 0 Å². The highest BCUT2D eigenvalue weighted by Gasteiger charge is 2.20. The molecule has 0 aliphatic carbocycles. The van der Waals surface area contributed by atoms with Crippen molar-refractivity contribution in [3.05, 3.63) is 23.5 Å². The fraction of sp³-hybridized carbons (Fsp3) is 0.429. The molecule has 7 nitrogen and oxygen atoms in total. The van der Waals surface area contributed by atoms with Crippen LogP contribution < -0.4 is 0 Å². The molecule has 0 aliphatic heterocycles. The van der Waals surface area contributed by atoms with Gasteiger partial charge < -0.3 is 14.2 Å². The Kier molecular flexibility index (Phi) is 4.52. The minimum absolute atomic E-state index is 0.0795. The number of hydrogen-bond acceptors (Lipinski definition) is 6. The molecule has 0 saturated carbocycles. The highest BCUT2D eigenvalue weighted by molar-refractivity contribution is 5.98. The number of pyridine rings is 1. The fourth-order valence-electron chi connectivity index (χ4n) is 1.99. The lowest BCUT2D eigenvalue weighted by Crippen LogP contribution is -2.36. The van der Waals surface area contributed by atoms with Gasteiger partial charge in [0.15, 0.2) is 0 Å². The van der Waals surface area contributed by atoms with Gasteiger partial charge in [-0.25, -0.2) is 4.98 Å². The van der Waals surface area contributed by atoms with E-state index in [1.807, 2.05) is 6.92 Å². The first-order valence-corrected chi connectivity index (χ1v) is 6.65. The minimum Gasteiger partial charge on any atom is -0.468 e. The molecule has 0 aliphatic rings. The van der Waals surface area contributed by atoms with Gasteiger partial charge in [0.2, 0.25) is 0 Å². The first-order chi connectivity index (χ1) is 10.1. The Morgan fingerprint density at radius 2 is 2.19 bits per heavy atom. The smallest absolute Gasteiger partial charge is 0.325 e. The number of nitrogens with zero attached hydrogens (tertiary/aromatic N) is 3. The Bertz CT molecular complexity index is 665. The molecule has 0 N–H and O–H groups in total. The summed E-state index contributed by atoms with van der Waals surface area (Å²) in [6.45, 7) is 4.10. The number of carbonyl (C=O) groups excluding carboxylic acids is 2. The van der Waals surface area contributed by atoms with Crippen LogP contribution in [0.3, 0.4) is 0 Å². The van der Waals surface area contributed by atoms with Crippen LogP contribution in [0.1, 0.15) is 29.4 Å². The summed E-state index contributed by atoms with van der Waals surface area (Å²) >= 11 is 0. The minimum atomic E-state index is -0.452. The lowest BCUT2D eigenvalue weighted by atomic mass is 10.2. The molecule has 0 aromatic carbocycles. The zero-order chi connectivity index (χ0) is 15.4. The summed E-state index contributed by atoms with van der Waals surface area (Å²) in [5.74, 6) is -0.718. The van der Waals surface area contributed by atoms with Crippen molar-refractivity contribution in [3.63, 3.8) is 0 Å². The Hall–Kier alpha value is -2.44. The molecule has 7 heteroatoms. The molecule has 0 unspecified atom stereocenters. The maximum Gasteiger partial charge on any atom is 0.325 e. The van der Waals surface area contributed by atoms with Gasteiger partial charge in [-0.05, 0) is 19.4 Å². The second-order valence-corrected chi connectivity index (χ2v) is 4.65. The Labute approximate surface area is 121 Å². The molecular weight excluding hydrogens is 274 g/mol. The van der Waals surface area contributed by atoms with Crippen LogP contribution in [0.25, 0.3) is 11.1 Å². The van der Waals surface area contributed by atoms with Gasteiger partial charge in [-0.3, -0.25) is 9.59 Å². The topological polar surface area (TPSA) is 85.5 Å². The van der Waals surface area contributed by atoms with Crippen LogP contribution in [0.2, 0.25) is 0 Å². The third-order valence-corrected chi connectivity index (χ3v) is 3.09. The van der Waals surface area contributed by atoms with Crippen molar-refractivity contribution in [3.8, 4) is 0 Å². The maximum absolute atomic E-state index is 12.5. The third kappa shape index (κ3) is 3.18. The first kappa shape index (κ1) is 15.0. The molecule has 2 heterocycles. The maximum atomic E-state index is 12.5. The van der Waals surface area contributed by atoms with Crippen molar-refractivity contribution in [2.24, 2.45) is 0 Å². The molecule has 0 radical (unpaired) electrons. The molecule has 112 valence electrons. The van der Waals surface area contributed by atoms with Gasteiger partial charge in [0.1, 0.15) is 6.54 Å². The summed E-state index contributed by atoms with van der Waals surface area (Å²) in [6, 6.07) is 1.68. The average Bonchev–Trinajstić information content (AvgIpc) is 2.86. The molecule has 2 rings (SSSR count). The highest BCUT2D eigenvalue weighted by atomic mass is 16.5. The number of rotatable bonds is 5. The van der Waals surface area contributed by atoms with E-state index in [4.69, 9.17) is 4.52 Å². The number of aromatic nitrogens is 2. The van der Waals surface area contributed by atoms with Gasteiger partial charge in [-0.2, -0.15) is 0 Å². The van der Waals surface area contributed by atoms with Gasteiger partial charge in [0.05, 0.1) is 23.8 Å². The largest absolute Gasteiger partial charge is 0.468 e. The van der Waals surface area contributed by atoms with E-state index in [2.05, 4.69) is 14.9 Å². The summed E-state index contributed by atoms with van der Waals surface area (Å²) in [7, 11) is 1.30. The summed E-state index contributed by atoms with van der Waals surface area (Å²) < 4.78 is 9.63. The van der Waals surface area contributed by atoms with E-state index in [9.17, 15) is 9.59 Å². The van der Waals surface area contributed by atoms with E-state index in [0.29, 0.717) is 28.9 Å². The van der Waals surface area contributed by atoms with E-state index >= 15 is 0 Å². The van der Waals surface area contributed by atoms with Gasteiger partial charge in [0.25, 0.3) is 11.6 Å². The average molecular weight is 291 g/mol. The van der Waals surface area contributed by atoms with Gasteiger partial charge in [-0.1, -0.05) is 12.1 Å². The normalized spacial score (nSPS) is 10.6. The van der Waals surface area contributed by atoms with E-state index < -0.39 is 5.97 Å². The third-order valence-electron chi connectivity index (χ3n) is 3.09. The van der Waals surface area contributed by atoms with Crippen molar-refractivity contribution < 1.29 is 18.8 Å². The Morgan fingerprint density at radius 3 is 2.86 bits per heavy atom. The summed E-state index contributed by atoms with van der Waals surface area (Å²) in [5.41, 5.74) is 1.45. The number of carbonyl (C=O) groups is 2. The van der Waals surface area contributed by atoms with Gasteiger partial charge in [0, 0.05) is 12.7 Å². The molecule has 0 saturated heterocycles. The second kappa shape index (κ2) is 6.34. The molecule has 1 amide bonds. The van der Waals surface area contributed by atoms with Gasteiger partial charge in [-0.15, -0.1) is 0 Å². The molecular formula is C14H17N3O4. The quantitative estimate of drug-likeness (QED) is 0.777. The summed E-state index contributed by atoms with van der Waals surface area (Å²) in [5, 5.41) is 4.49. The summed E-state index contributed by atoms with van der Waals surface area (Å²) in [6.07, 6.45) is 2.17. The zero-order valence-electron chi connectivity index (χ0n) is 12.3. The summed E-state index contributed by atoms with van der Waals surface area (Å²) in [4.78, 5) is 29.4. The van der Waals surface area contributed by atoms with Crippen LogP contribution in [-0.4, -0.2) is 47.1 Å². The predicted molar refractivity (Wildman–Crippen MR) is 74.8 cm³/mol. The molecule has 21 heavy (non-hydrogen) atoms. The van der Waals surface area contributed by atoms with E-state index in [1.54, 1.807) is 13.0 Å². The number of amides is 1. The standard InChI is InChI=1S/C14H17N3O4/c1-4-5-17(8-12(18)20-3)14(19)10-6-11-9(2)16-21-13(11)15-7-10/h6-7H,4-5,8H2,1-3H3. The monoisotopic (exact) mass is 291 g/mol. The Balaban J connectivity index is 2.28. The van der Waals surface area contributed by atoms with Crippen LogP contribution >= 0.6 is 0 Å².